The van der Waals surface area contributed by atoms with Gasteiger partial charge in [0, 0.05) is 24.0 Å². The zero-order chi connectivity index (χ0) is 14.0. The quantitative estimate of drug-likeness (QED) is 0.921. The molecular weight excluding hydrogens is 270 g/mol. The van der Waals surface area contributed by atoms with Crippen molar-refractivity contribution in [2.75, 3.05) is 24.7 Å². The smallest absolute Gasteiger partial charge is 0.105 e. The van der Waals surface area contributed by atoms with Gasteiger partial charge in [-0.3, -0.25) is 0 Å². The second kappa shape index (κ2) is 6.12. The topological polar surface area (TPSA) is 34.4 Å². The molecule has 20 heavy (non-hydrogen) atoms. The Hall–Kier alpha value is -0.450. The van der Waals surface area contributed by atoms with Gasteiger partial charge in [0.05, 0.1) is 11.9 Å². The van der Waals surface area contributed by atoms with Gasteiger partial charge in [0.2, 0.25) is 0 Å². The monoisotopic (exact) mass is 295 g/mol. The molecular formula is C16H25NO2S. The summed E-state index contributed by atoms with van der Waals surface area (Å²) in [5.74, 6) is 4.13. The van der Waals surface area contributed by atoms with E-state index in [9.17, 15) is 0 Å². The van der Waals surface area contributed by atoms with Gasteiger partial charge in [-0.1, -0.05) is 6.92 Å². The lowest BCUT2D eigenvalue weighted by molar-refractivity contribution is -0.0854. The third-order valence-electron chi connectivity index (χ3n) is 4.73. The van der Waals surface area contributed by atoms with Crippen LogP contribution in [0.5, 0.6) is 0 Å². The van der Waals surface area contributed by atoms with Crippen LogP contribution in [-0.2, 0) is 4.74 Å². The maximum absolute atomic E-state index is 6.16. The molecule has 0 bridgehead atoms. The van der Waals surface area contributed by atoms with Gasteiger partial charge >= 0.3 is 0 Å². The summed E-state index contributed by atoms with van der Waals surface area (Å²) in [6, 6.07) is 2.54. The number of thioether (sulfide) groups is 1. The predicted octanol–water partition coefficient (Wildman–Crippen LogP) is 3.54. The van der Waals surface area contributed by atoms with Crippen molar-refractivity contribution in [1.82, 2.24) is 5.32 Å². The number of aryl methyl sites for hydroxylation is 1. The lowest BCUT2D eigenvalue weighted by atomic mass is 9.79. The fourth-order valence-corrected chi connectivity index (χ4v) is 5.06. The predicted molar refractivity (Wildman–Crippen MR) is 83.2 cm³/mol. The summed E-state index contributed by atoms with van der Waals surface area (Å²) in [6.07, 6.45) is 5.36. The van der Waals surface area contributed by atoms with Crippen molar-refractivity contribution in [3.05, 3.63) is 23.7 Å². The van der Waals surface area contributed by atoms with Gasteiger partial charge in [-0.05, 0) is 50.5 Å². The Morgan fingerprint density at radius 2 is 2.45 bits per heavy atom. The van der Waals surface area contributed by atoms with Gasteiger partial charge in [0.15, 0.2) is 0 Å². The Kier molecular flexibility index (Phi) is 4.43. The maximum atomic E-state index is 6.16. The number of furan rings is 1. The highest BCUT2D eigenvalue weighted by molar-refractivity contribution is 7.99. The lowest BCUT2D eigenvalue weighted by Crippen LogP contribution is -2.43. The fourth-order valence-electron chi connectivity index (χ4n) is 3.68. The van der Waals surface area contributed by atoms with Gasteiger partial charge < -0.3 is 14.5 Å². The number of rotatable bonds is 4. The molecule has 0 saturated carbocycles. The first-order chi connectivity index (χ1) is 9.74. The van der Waals surface area contributed by atoms with Crippen LogP contribution in [0.25, 0.3) is 0 Å². The molecule has 3 unspecified atom stereocenters. The zero-order valence-corrected chi connectivity index (χ0v) is 13.3. The summed E-state index contributed by atoms with van der Waals surface area (Å²) in [5, 5.41) is 3.68. The van der Waals surface area contributed by atoms with E-state index in [0.717, 1.165) is 25.3 Å². The minimum Gasteiger partial charge on any atom is -0.469 e. The van der Waals surface area contributed by atoms with Crippen LogP contribution in [0.4, 0.5) is 0 Å². The van der Waals surface area contributed by atoms with Crippen LogP contribution in [0.1, 0.15) is 43.6 Å². The summed E-state index contributed by atoms with van der Waals surface area (Å²) >= 11 is 2.04. The number of nitrogens with one attached hydrogen (secondary N) is 1. The van der Waals surface area contributed by atoms with Gasteiger partial charge in [-0.25, -0.2) is 0 Å². The molecule has 4 heteroatoms. The molecule has 0 amide bonds. The molecule has 0 aromatic carbocycles. The molecule has 2 saturated heterocycles. The number of ether oxygens (including phenoxy) is 1. The van der Waals surface area contributed by atoms with Crippen LogP contribution >= 0.6 is 11.8 Å². The first-order valence-electron chi connectivity index (χ1n) is 7.73. The van der Waals surface area contributed by atoms with Crippen LogP contribution in [-0.4, -0.2) is 30.3 Å². The standard InChI is InChI=1S/C16H25NO2S/c1-3-17-15(14-5-7-18-12(14)2)13-4-8-19-16(10-13)6-9-20-11-16/h5,7,13,15,17H,3-4,6,8-11H2,1-2H3. The first-order valence-corrected chi connectivity index (χ1v) is 8.89. The second-order valence-electron chi connectivity index (χ2n) is 6.05. The molecule has 1 spiro atoms. The van der Waals surface area contributed by atoms with E-state index in [1.165, 1.54) is 29.9 Å². The molecule has 1 N–H and O–H groups in total. The molecule has 3 rings (SSSR count). The van der Waals surface area contributed by atoms with Crippen molar-refractivity contribution in [2.45, 2.75) is 44.8 Å². The third kappa shape index (κ3) is 2.78. The summed E-state index contributed by atoms with van der Waals surface area (Å²) in [6.45, 7) is 6.15. The molecule has 2 aliphatic rings. The number of hydrogen-bond acceptors (Lipinski definition) is 4. The van der Waals surface area contributed by atoms with Crippen molar-refractivity contribution in [2.24, 2.45) is 5.92 Å². The largest absolute Gasteiger partial charge is 0.469 e. The fraction of sp³-hybridized carbons (Fsp3) is 0.750. The summed E-state index contributed by atoms with van der Waals surface area (Å²) in [4.78, 5) is 0. The Morgan fingerprint density at radius 3 is 3.10 bits per heavy atom. The highest BCUT2D eigenvalue weighted by Gasteiger charge is 2.43. The van der Waals surface area contributed by atoms with Gasteiger partial charge in [-0.2, -0.15) is 11.8 Å². The Bertz CT molecular complexity index is 439. The SMILES string of the molecule is CCNC(c1ccoc1C)C1CCOC2(CCSC2)C1. The molecule has 1 aromatic rings. The van der Waals surface area contributed by atoms with Gasteiger partial charge in [0.25, 0.3) is 0 Å². The van der Waals surface area contributed by atoms with E-state index in [0.29, 0.717) is 12.0 Å². The minimum absolute atomic E-state index is 0.152. The van der Waals surface area contributed by atoms with Crippen molar-refractivity contribution >= 4 is 11.8 Å². The summed E-state index contributed by atoms with van der Waals surface area (Å²) in [7, 11) is 0. The van der Waals surface area contributed by atoms with Gasteiger partial charge in [0.1, 0.15) is 5.76 Å². The molecule has 3 nitrogen and oxygen atoms in total. The van der Waals surface area contributed by atoms with Crippen LogP contribution in [0.15, 0.2) is 16.7 Å². The Balaban J connectivity index is 1.79. The van der Waals surface area contributed by atoms with E-state index >= 15 is 0 Å². The van der Waals surface area contributed by atoms with Gasteiger partial charge in [-0.15, -0.1) is 0 Å². The van der Waals surface area contributed by atoms with E-state index in [-0.39, 0.29) is 5.60 Å². The minimum atomic E-state index is 0.152. The zero-order valence-electron chi connectivity index (χ0n) is 12.5. The van der Waals surface area contributed by atoms with Crippen LogP contribution < -0.4 is 5.32 Å². The highest BCUT2D eigenvalue weighted by Crippen LogP contribution is 2.44. The van der Waals surface area contributed by atoms with Crippen molar-refractivity contribution < 1.29 is 9.15 Å². The van der Waals surface area contributed by atoms with Crippen LogP contribution in [0.3, 0.4) is 0 Å². The molecule has 0 aliphatic carbocycles. The first kappa shape index (κ1) is 14.5. The van der Waals surface area contributed by atoms with Crippen molar-refractivity contribution in [1.29, 1.82) is 0 Å². The summed E-state index contributed by atoms with van der Waals surface area (Å²) in [5.41, 5.74) is 1.48. The van der Waals surface area contributed by atoms with Crippen LogP contribution in [0, 0.1) is 12.8 Å². The van der Waals surface area contributed by atoms with E-state index in [4.69, 9.17) is 9.15 Å². The van der Waals surface area contributed by atoms with Crippen LogP contribution in [0.2, 0.25) is 0 Å². The van der Waals surface area contributed by atoms with E-state index in [2.05, 4.69) is 25.2 Å². The molecule has 3 atom stereocenters. The van der Waals surface area contributed by atoms with E-state index in [1.54, 1.807) is 0 Å². The molecule has 3 heterocycles. The highest BCUT2D eigenvalue weighted by atomic mass is 32.2. The molecule has 2 aliphatic heterocycles. The third-order valence-corrected chi connectivity index (χ3v) is 5.95. The second-order valence-corrected chi connectivity index (χ2v) is 7.16. The van der Waals surface area contributed by atoms with E-state index in [1.807, 2.05) is 18.0 Å². The Labute approximate surface area is 125 Å². The molecule has 0 radical (unpaired) electrons. The average molecular weight is 295 g/mol. The van der Waals surface area contributed by atoms with Crippen molar-refractivity contribution in [3.63, 3.8) is 0 Å². The summed E-state index contributed by atoms with van der Waals surface area (Å²) < 4.78 is 11.7. The normalized spacial score (nSPS) is 31.8. The average Bonchev–Trinajstić information content (AvgIpc) is 3.06. The Morgan fingerprint density at radius 1 is 1.55 bits per heavy atom. The molecule has 1 aromatic heterocycles. The van der Waals surface area contributed by atoms with E-state index < -0.39 is 0 Å². The lowest BCUT2D eigenvalue weighted by Gasteiger charge is -2.41. The molecule has 2 fully saturated rings. The van der Waals surface area contributed by atoms with Crippen molar-refractivity contribution in [3.8, 4) is 0 Å². The molecule has 112 valence electrons. The maximum Gasteiger partial charge on any atom is 0.105 e. The number of hydrogen-bond donors (Lipinski definition) is 1.